The SMILES string of the molecule is COC(=O)C1(CC[C@@H](F)c2c(Cl)cnc3ccc(OC)cc23)CCN(CCCc2ccccc2)CC1. The van der Waals surface area contributed by atoms with Crippen LogP contribution in [0.4, 0.5) is 4.39 Å². The molecular formula is C29H34ClFN2O3. The van der Waals surface area contributed by atoms with E-state index in [0.717, 1.165) is 32.5 Å². The van der Waals surface area contributed by atoms with E-state index in [1.54, 1.807) is 25.3 Å². The smallest absolute Gasteiger partial charge is 0.311 e. The monoisotopic (exact) mass is 512 g/mol. The predicted octanol–water partition coefficient (Wildman–Crippen LogP) is 6.58. The number of hydrogen-bond acceptors (Lipinski definition) is 5. The Kier molecular flexibility index (Phi) is 8.81. The summed E-state index contributed by atoms with van der Waals surface area (Å²) in [5.74, 6) is 0.372. The van der Waals surface area contributed by atoms with Crippen molar-refractivity contribution in [3.05, 3.63) is 70.9 Å². The maximum Gasteiger partial charge on any atom is 0.311 e. The molecule has 1 aromatic heterocycles. The number of ether oxygens (including phenoxy) is 2. The number of nitrogens with zero attached hydrogens (tertiary/aromatic N) is 2. The zero-order valence-electron chi connectivity index (χ0n) is 21.0. The summed E-state index contributed by atoms with van der Waals surface area (Å²) in [6, 6.07) is 15.8. The average Bonchev–Trinajstić information content (AvgIpc) is 2.92. The molecule has 5 nitrogen and oxygen atoms in total. The molecule has 0 saturated carbocycles. The Morgan fingerprint density at radius 1 is 1.17 bits per heavy atom. The molecule has 3 aromatic rings. The van der Waals surface area contributed by atoms with Crippen LogP contribution in [-0.2, 0) is 16.0 Å². The highest BCUT2D eigenvalue weighted by Gasteiger charge is 2.42. The van der Waals surface area contributed by atoms with E-state index >= 15 is 4.39 Å². The molecule has 7 heteroatoms. The van der Waals surface area contributed by atoms with E-state index in [0.29, 0.717) is 41.5 Å². The second-order valence-corrected chi connectivity index (χ2v) is 10.0. The summed E-state index contributed by atoms with van der Waals surface area (Å²) >= 11 is 6.41. The van der Waals surface area contributed by atoms with E-state index in [2.05, 4.69) is 34.1 Å². The fourth-order valence-corrected chi connectivity index (χ4v) is 5.56. The van der Waals surface area contributed by atoms with Crippen molar-refractivity contribution in [3.8, 4) is 5.75 Å². The first kappa shape index (κ1) is 26.4. The van der Waals surface area contributed by atoms with Gasteiger partial charge in [-0.25, -0.2) is 4.39 Å². The van der Waals surface area contributed by atoms with Crippen LogP contribution < -0.4 is 4.74 Å². The molecule has 2 heterocycles. The molecule has 0 N–H and O–H groups in total. The van der Waals surface area contributed by atoms with Crippen molar-refractivity contribution >= 4 is 28.5 Å². The molecule has 1 saturated heterocycles. The number of aryl methyl sites for hydroxylation is 1. The molecular weight excluding hydrogens is 479 g/mol. The summed E-state index contributed by atoms with van der Waals surface area (Å²) in [7, 11) is 2.99. The number of hydrogen-bond donors (Lipinski definition) is 0. The number of aromatic nitrogens is 1. The van der Waals surface area contributed by atoms with Gasteiger partial charge in [-0.2, -0.15) is 0 Å². The third-order valence-electron chi connectivity index (χ3n) is 7.47. The number of fused-ring (bicyclic) bond motifs is 1. The molecule has 0 unspecified atom stereocenters. The van der Waals surface area contributed by atoms with Gasteiger partial charge in [-0.1, -0.05) is 41.9 Å². The van der Waals surface area contributed by atoms with Crippen molar-refractivity contribution in [3.63, 3.8) is 0 Å². The minimum Gasteiger partial charge on any atom is -0.497 e. The third kappa shape index (κ3) is 5.98. The van der Waals surface area contributed by atoms with Gasteiger partial charge in [-0.05, 0) is 81.9 Å². The highest BCUT2D eigenvalue weighted by atomic mass is 35.5. The lowest BCUT2D eigenvalue weighted by Gasteiger charge is -2.40. The highest BCUT2D eigenvalue weighted by molar-refractivity contribution is 6.32. The molecule has 4 rings (SSSR count). The number of likely N-dealkylation sites (tertiary alicyclic amines) is 1. The van der Waals surface area contributed by atoms with Gasteiger partial charge in [-0.3, -0.25) is 9.78 Å². The molecule has 1 fully saturated rings. The van der Waals surface area contributed by atoms with Crippen molar-refractivity contribution in [2.75, 3.05) is 33.9 Å². The number of alkyl halides is 1. The Hall–Kier alpha value is -2.70. The molecule has 0 radical (unpaired) electrons. The van der Waals surface area contributed by atoms with Gasteiger partial charge in [0, 0.05) is 17.1 Å². The van der Waals surface area contributed by atoms with Gasteiger partial charge in [0.15, 0.2) is 0 Å². The zero-order valence-corrected chi connectivity index (χ0v) is 21.8. The second kappa shape index (κ2) is 12.0. The molecule has 2 aromatic carbocycles. The Morgan fingerprint density at radius 3 is 2.61 bits per heavy atom. The van der Waals surface area contributed by atoms with Crippen molar-refractivity contribution in [2.45, 2.75) is 44.7 Å². The van der Waals surface area contributed by atoms with E-state index in [-0.39, 0.29) is 17.4 Å². The Balaban J connectivity index is 1.40. The Labute approximate surface area is 217 Å². The molecule has 1 aliphatic rings. The Morgan fingerprint density at radius 2 is 1.92 bits per heavy atom. The molecule has 192 valence electrons. The van der Waals surface area contributed by atoms with E-state index < -0.39 is 11.6 Å². The van der Waals surface area contributed by atoms with Gasteiger partial charge in [0.05, 0.1) is 30.2 Å². The summed E-state index contributed by atoms with van der Waals surface area (Å²) in [6.07, 6.45) is 4.17. The average molecular weight is 513 g/mol. The van der Waals surface area contributed by atoms with Crippen LogP contribution in [0.5, 0.6) is 5.75 Å². The van der Waals surface area contributed by atoms with E-state index in [1.807, 2.05) is 6.07 Å². The van der Waals surface area contributed by atoms with Gasteiger partial charge in [0.2, 0.25) is 0 Å². The predicted molar refractivity (Wildman–Crippen MR) is 141 cm³/mol. The van der Waals surface area contributed by atoms with Crippen LogP contribution in [0.15, 0.2) is 54.7 Å². The van der Waals surface area contributed by atoms with Crippen LogP contribution in [0.2, 0.25) is 5.02 Å². The fraction of sp³-hybridized carbons (Fsp3) is 0.448. The minimum absolute atomic E-state index is 0.180. The number of piperidine rings is 1. The summed E-state index contributed by atoms with van der Waals surface area (Å²) in [5.41, 5.74) is 1.72. The van der Waals surface area contributed by atoms with Crippen LogP contribution in [0.3, 0.4) is 0 Å². The lowest BCUT2D eigenvalue weighted by molar-refractivity contribution is -0.156. The van der Waals surface area contributed by atoms with Crippen LogP contribution in [0.1, 0.15) is 49.4 Å². The number of rotatable bonds is 10. The maximum absolute atomic E-state index is 15.7. The Bertz CT molecular complexity index is 1170. The van der Waals surface area contributed by atoms with Gasteiger partial charge < -0.3 is 14.4 Å². The van der Waals surface area contributed by atoms with Gasteiger partial charge in [0.1, 0.15) is 11.9 Å². The minimum atomic E-state index is -1.33. The normalized spacial score (nSPS) is 16.6. The summed E-state index contributed by atoms with van der Waals surface area (Å²) < 4.78 is 26.3. The van der Waals surface area contributed by atoms with Crippen LogP contribution >= 0.6 is 11.6 Å². The molecule has 1 atom stereocenters. The molecule has 0 aliphatic carbocycles. The van der Waals surface area contributed by atoms with Crippen molar-refractivity contribution in [2.24, 2.45) is 5.41 Å². The molecule has 0 spiro atoms. The lowest BCUT2D eigenvalue weighted by atomic mass is 9.74. The van der Waals surface area contributed by atoms with E-state index in [4.69, 9.17) is 21.1 Å². The molecule has 36 heavy (non-hydrogen) atoms. The van der Waals surface area contributed by atoms with Crippen molar-refractivity contribution < 1.29 is 18.7 Å². The van der Waals surface area contributed by atoms with E-state index in [9.17, 15) is 4.79 Å². The number of esters is 1. The maximum atomic E-state index is 15.7. The fourth-order valence-electron chi connectivity index (χ4n) is 5.29. The number of carbonyl (C=O) groups excluding carboxylic acids is 1. The van der Waals surface area contributed by atoms with E-state index in [1.165, 1.54) is 18.9 Å². The number of pyridine rings is 1. The topological polar surface area (TPSA) is 51.7 Å². The standard InChI is InChI=1S/C29H34ClFN2O3/c1-35-22-10-11-26-23(19-22)27(24(30)20-32-26)25(31)12-13-29(28(34)36-2)14-17-33(18-15-29)16-6-9-21-7-4-3-5-8-21/h3-5,7-8,10-11,19-20,25H,6,9,12-18H2,1-2H3/t25-/m1/s1. The number of carbonyl (C=O) groups is 1. The summed E-state index contributed by atoms with van der Waals surface area (Å²) in [5, 5.41) is 0.915. The first-order valence-corrected chi connectivity index (χ1v) is 12.9. The van der Waals surface area contributed by atoms with Crippen LogP contribution in [-0.4, -0.2) is 49.7 Å². The largest absolute Gasteiger partial charge is 0.497 e. The first-order chi connectivity index (χ1) is 17.5. The number of methoxy groups -OCH3 is 2. The first-order valence-electron chi connectivity index (χ1n) is 12.6. The van der Waals surface area contributed by atoms with Gasteiger partial charge in [0.25, 0.3) is 0 Å². The second-order valence-electron chi connectivity index (χ2n) is 9.61. The number of halogens is 2. The molecule has 1 aliphatic heterocycles. The zero-order chi connectivity index (χ0) is 25.5. The van der Waals surface area contributed by atoms with Gasteiger partial charge in [-0.15, -0.1) is 0 Å². The van der Waals surface area contributed by atoms with Crippen LogP contribution in [0.25, 0.3) is 10.9 Å². The third-order valence-corrected chi connectivity index (χ3v) is 7.77. The number of benzene rings is 2. The quantitative estimate of drug-likeness (QED) is 0.287. The van der Waals surface area contributed by atoms with Gasteiger partial charge >= 0.3 is 5.97 Å². The van der Waals surface area contributed by atoms with Crippen molar-refractivity contribution in [1.82, 2.24) is 9.88 Å². The summed E-state index contributed by atoms with van der Waals surface area (Å²) in [4.78, 5) is 19.6. The lowest BCUT2D eigenvalue weighted by Crippen LogP contribution is -2.45. The van der Waals surface area contributed by atoms with Crippen LogP contribution in [0, 0.1) is 5.41 Å². The molecule has 0 bridgehead atoms. The summed E-state index contributed by atoms with van der Waals surface area (Å²) in [6.45, 7) is 2.59. The highest BCUT2D eigenvalue weighted by Crippen LogP contribution is 2.42. The molecule has 0 amide bonds. The van der Waals surface area contributed by atoms with Crippen molar-refractivity contribution in [1.29, 1.82) is 0 Å².